The fourth-order valence-electron chi connectivity index (χ4n) is 4.04. The van der Waals surface area contributed by atoms with Gasteiger partial charge in [-0.25, -0.2) is 0 Å². The van der Waals surface area contributed by atoms with E-state index in [4.69, 9.17) is 10.9 Å². The molecule has 3 atom stereocenters. The van der Waals surface area contributed by atoms with Gasteiger partial charge in [0.1, 0.15) is 0 Å². The fourth-order valence-corrected chi connectivity index (χ4v) is 4.04. The van der Waals surface area contributed by atoms with Gasteiger partial charge in [-0.15, -0.1) is 0 Å². The number of hydrogen-bond acceptors (Lipinski definition) is 4. The highest BCUT2D eigenvalue weighted by Crippen LogP contribution is 2.38. The molecular weight excluding hydrogens is 378 g/mol. The second-order valence-electron chi connectivity index (χ2n) is 8.00. The van der Waals surface area contributed by atoms with Crippen LogP contribution in [-0.4, -0.2) is 28.8 Å². The number of hydrogen-bond donors (Lipinski definition) is 3. The van der Waals surface area contributed by atoms with Crippen molar-refractivity contribution in [2.75, 3.05) is 0 Å². The number of Topliss-reactive ketones (excluding diaryl/α,β-unsaturated/α-hetero) is 1. The molecule has 0 bridgehead atoms. The number of nitrogens with zero attached hydrogens (tertiary/aromatic N) is 1. The Kier molecular flexibility index (Phi) is 7.22. The molecule has 1 fully saturated rings. The van der Waals surface area contributed by atoms with Gasteiger partial charge in [-0.05, 0) is 49.7 Å². The summed E-state index contributed by atoms with van der Waals surface area (Å²) in [7, 11) is 0. The van der Waals surface area contributed by atoms with E-state index in [1.54, 1.807) is 19.1 Å². The predicted molar refractivity (Wildman–Crippen MR) is 116 cm³/mol. The molecule has 2 aromatic carbocycles. The summed E-state index contributed by atoms with van der Waals surface area (Å²) < 4.78 is 0. The first-order valence-electron chi connectivity index (χ1n) is 10.4. The van der Waals surface area contributed by atoms with Gasteiger partial charge < -0.3 is 16.3 Å². The van der Waals surface area contributed by atoms with Crippen molar-refractivity contribution >= 4 is 17.5 Å². The molecule has 0 spiro atoms. The first kappa shape index (κ1) is 21.6. The molecule has 1 aliphatic rings. The zero-order valence-corrected chi connectivity index (χ0v) is 17.3. The largest absolute Gasteiger partial charge is 0.409 e. The fraction of sp³-hybridized carbons (Fsp3) is 0.375. The summed E-state index contributed by atoms with van der Waals surface area (Å²) in [5.74, 6) is 0.437. The van der Waals surface area contributed by atoms with Crippen molar-refractivity contribution in [1.29, 1.82) is 0 Å². The number of ketones is 1. The minimum absolute atomic E-state index is 0.0152. The van der Waals surface area contributed by atoms with Crippen molar-refractivity contribution in [3.63, 3.8) is 0 Å². The molecule has 0 aromatic heterocycles. The molecule has 30 heavy (non-hydrogen) atoms. The van der Waals surface area contributed by atoms with Crippen molar-refractivity contribution < 1.29 is 14.8 Å². The topological polar surface area (TPSA) is 105 Å². The maximum atomic E-state index is 12.6. The van der Waals surface area contributed by atoms with Crippen LogP contribution >= 0.6 is 0 Å². The van der Waals surface area contributed by atoms with Crippen LogP contribution in [0.5, 0.6) is 0 Å². The molecule has 1 saturated carbocycles. The molecule has 6 heteroatoms. The normalized spacial score (nSPS) is 20.0. The van der Waals surface area contributed by atoms with E-state index in [1.807, 2.05) is 30.3 Å². The van der Waals surface area contributed by atoms with E-state index in [2.05, 4.69) is 22.6 Å². The summed E-state index contributed by atoms with van der Waals surface area (Å²) in [5, 5.41) is 14.6. The average molecular weight is 408 g/mol. The van der Waals surface area contributed by atoms with Gasteiger partial charge in [0.15, 0.2) is 11.6 Å². The zero-order chi connectivity index (χ0) is 21.5. The van der Waals surface area contributed by atoms with Crippen LogP contribution in [0.25, 0.3) is 0 Å². The van der Waals surface area contributed by atoms with Crippen molar-refractivity contribution in [2.45, 2.75) is 51.0 Å². The third-order valence-electron chi connectivity index (χ3n) is 5.93. The van der Waals surface area contributed by atoms with Crippen molar-refractivity contribution in [1.82, 2.24) is 5.32 Å². The Labute approximate surface area is 177 Å². The SMILES string of the molecule is C[C@H](NC(=O)[C@@H]1CC[C@@H](c2ccccc2)C1)C(=O)CCc1ccc(/C(N)=N/O)cc1. The summed E-state index contributed by atoms with van der Waals surface area (Å²) >= 11 is 0. The number of rotatable bonds is 8. The van der Waals surface area contributed by atoms with E-state index in [1.165, 1.54) is 5.56 Å². The van der Waals surface area contributed by atoms with Crippen LogP contribution in [0.15, 0.2) is 59.8 Å². The van der Waals surface area contributed by atoms with Crippen LogP contribution in [0.4, 0.5) is 0 Å². The molecule has 0 aliphatic heterocycles. The number of aryl methyl sites for hydroxylation is 1. The van der Waals surface area contributed by atoms with E-state index in [9.17, 15) is 9.59 Å². The highest BCUT2D eigenvalue weighted by Gasteiger charge is 2.31. The lowest BCUT2D eigenvalue weighted by Crippen LogP contribution is -2.41. The van der Waals surface area contributed by atoms with Gasteiger partial charge in [0.05, 0.1) is 6.04 Å². The number of nitrogens with two attached hydrogens (primary N) is 1. The molecule has 158 valence electrons. The Morgan fingerprint density at radius 3 is 2.50 bits per heavy atom. The van der Waals surface area contributed by atoms with Crippen LogP contribution in [0, 0.1) is 5.92 Å². The van der Waals surface area contributed by atoms with Crippen LogP contribution in [0.2, 0.25) is 0 Å². The summed E-state index contributed by atoms with van der Waals surface area (Å²) in [6.45, 7) is 1.76. The second kappa shape index (κ2) is 10.1. The van der Waals surface area contributed by atoms with Crippen molar-refractivity contribution in [3.8, 4) is 0 Å². The van der Waals surface area contributed by atoms with Crippen molar-refractivity contribution in [3.05, 3.63) is 71.3 Å². The Morgan fingerprint density at radius 2 is 1.83 bits per heavy atom. The molecular formula is C24H29N3O3. The standard InChI is InChI=1S/C24H29N3O3/c1-16(22(28)14-9-17-7-10-19(11-8-17)23(25)27-30)26-24(29)21-13-12-20(15-21)18-5-3-2-4-6-18/h2-8,10-11,16,20-21,30H,9,12-15H2,1H3,(H2,25,27)(H,26,29)/t16-,20+,21+/m0/s1. The van der Waals surface area contributed by atoms with E-state index in [-0.39, 0.29) is 23.4 Å². The van der Waals surface area contributed by atoms with E-state index < -0.39 is 6.04 Å². The predicted octanol–water partition coefficient (Wildman–Crippen LogP) is 3.37. The Morgan fingerprint density at radius 1 is 1.13 bits per heavy atom. The molecule has 0 saturated heterocycles. The summed E-state index contributed by atoms with van der Waals surface area (Å²) in [5.41, 5.74) is 8.45. The number of carbonyl (C=O) groups is 2. The van der Waals surface area contributed by atoms with E-state index in [0.717, 1.165) is 24.8 Å². The van der Waals surface area contributed by atoms with Gasteiger partial charge in [-0.1, -0.05) is 59.8 Å². The van der Waals surface area contributed by atoms with E-state index in [0.29, 0.717) is 24.3 Å². The van der Waals surface area contributed by atoms with Gasteiger partial charge in [0.25, 0.3) is 0 Å². The minimum Gasteiger partial charge on any atom is -0.409 e. The van der Waals surface area contributed by atoms with Crippen molar-refractivity contribution in [2.24, 2.45) is 16.8 Å². The third kappa shape index (κ3) is 5.47. The molecule has 1 aliphatic carbocycles. The molecule has 3 rings (SSSR count). The first-order chi connectivity index (χ1) is 14.5. The Hall–Kier alpha value is -3.15. The molecule has 0 unspecified atom stereocenters. The molecule has 1 amide bonds. The van der Waals surface area contributed by atoms with E-state index >= 15 is 0 Å². The number of carbonyl (C=O) groups excluding carboxylic acids is 2. The Balaban J connectivity index is 1.45. The number of amidine groups is 1. The number of nitrogens with one attached hydrogen (secondary N) is 1. The number of oxime groups is 1. The number of amides is 1. The lowest BCUT2D eigenvalue weighted by Gasteiger charge is -2.17. The maximum Gasteiger partial charge on any atom is 0.223 e. The van der Waals surface area contributed by atoms with Crippen LogP contribution < -0.4 is 11.1 Å². The lowest BCUT2D eigenvalue weighted by atomic mass is 9.96. The minimum atomic E-state index is -0.496. The molecule has 0 radical (unpaired) electrons. The average Bonchev–Trinajstić information content (AvgIpc) is 3.28. The second-order valence-corrected chi connectivity index (χ2v) is 8.00. The third-order valence-corrected chi connectivity index (χ3v) is 5.93. The number of benzene rings is 2. The monoisotopic (exact) mass is 407 g/mol. The van der Waals surface area contributed by atoms with Gasteiger partial charge in [-0.3, -0.25) is 9.59 Å². The molecule has 2 aromatic rings. The van der Waals surface area contributed by atoms with Crippen LogP contribution in [0.1, 0.15) is 55.2 Å². The van der Waals surface area contributed by atoms with Gasteiger partial charge in [-0.2, -0.15) is 0 Å². The quantitative estimate of drug-likeness (QED) is 0.270. The smallest absolute Gasteiger partial charge is 0.223 e. The highest BCUT2D eigenvalue weighted by atomic mass is 16.4. The highest BCUT2D eigenvalue weighted by molar-refractivity contribution is 5.97. The molecule has 6 nitrogen and oxygen atoms in total. The maximum absolute atomic E-state index is 12.6. The Bertz CT molecular complexity index is 894. The van der Waals surface area contributed by atoms with Gasteiger partial charge >= 0.3 is 0 Å². The molecule has 4 N–H and O–H groups in total. The van der Waals surface area contributed by atoms with Crippen LogP contribution in [-0.2, 0) is 16.0 Å². The summed E-state index contributed by atoms with van der Waals surface area (Å²) in [6, 6.07) is 17.0. The first-order valence-corrected chi connectivity index (χ1v) is 10.4. The molecule has 0 heterocycles. The lowest BCUT2D eigenvalue weighted by molar-refractivity contribution is -0.129. The van der Waals surface area contributed by atoms with Crippen LogP contribution in [0.3, 0.4) is 0 Å². The summed E-state index contributed by atoms with van der Waals surface area (Å²) in [4.78, 5) is 25.1. The summed E-state index contributed by atoms with van der Waals surface area (Å²) in [6.07, 6.45) is 3.63. The zero-order valence-electron chi connectivity index (χ0n) is 17.3. The van der Waals surface area contributed by atoms with Gasteiger partial charge in [0, 0.05) is 17.9 Å². The van der Waals surface area contributed by atoms with Gasteiger partial charge in [0.2, 0.25) is 5.91 Å².